The molecule has 0 aliphatic carbocycles. The van der Waals surface area contributed by atoms with Gasteiger partial charge in [-0.25, -0.2) is 0 Å². The molecule has 3 nitrogen and oxygen atoms in total. The number of benzene rings is 3. The molecular formula is C51H64O3S3. The van der Waals surface area contributed by atoms with Crippen molar-refractivity contribution in [3.63, 3.8) is 0 Å². The fraction of sp³-hybridized carbons (Fsp3) is 0.412. The van der Waals surface area contributed by atoms with Gasteiger partial charge in [-0.3, -0.25) is 0 Å². The highest BCUT2D eigenvalue weighted by atomic mass is 32.1. The summed E-state index contributed by atoms with van der Waals surface area (Å²) in [6.45, 7) is 13.2. The zero-order valence-electron chi connectivity index (χ0n) is 35.1. The Labute approximate surface area is 356 Å². The van der Waals surface area contributed by atoms with Crippen molar-refractivity contribution in [2.45, 2.75) is 137 Å². The SMILES string of the molecule is CCCCCC(C)Oc1ccc(-c2ccc(-c3ccc(-c4ccc(OC(C)CCCCC)cc4)s3)s2)cc1.CCCCCC(C)Oc1ccc(-c2cccs2)cc1. The van der Waals surface area contributed by atoms with Crippen LogP contribution < -0.4 is 14.2 Å². The summed E-state index contributed by atoms with van der Waals surface area (Å²) in [5, 5.41) is 2.11. The summed E-state index contributed by atoms with van der Waals surface area (Å²) in [6, 6.07) is 38.7. The van der Waals surface area contributed by atoms with Gasteiger partial charge in [0.25, 0.3) is 0 Å². The minimum atomic E-state index is 0.261. The second-order valence-corrected chi connectivity index (χ2v) is 18.3. The smallest absolute Gasteiger partial charge is 0.119 e. The normalized spacial score (nSPS) is 12.7. The van der Waals surface area contributed by atoms with Crippen LogP contribution in [0.2, 0.25) is 0 Å². The van der Waals surface area contributed by atoms with Crippen molar-refractivity contribution in [2.75, 3.05) is 0 Å². The summed E-state index contributed by atoms with van der Waals surface area (Å²) in [5.41, 5.74) is 3.74. The number of rotatable bonds is 22. The lowest BCUT2D eigenvalue weighted by atomic mass is 10.1. The van der Waals surface area contributed by atoms with Gasteiger partial charge in [-0.1, -0.05) is 65.4 Å². The highest BCUT2D eigenvalue weighted by Gasteiger charge is 2.11. The molecule has 3 heterocycles. The van der Waals surface area contributed by atoms with Gasteiger partial charge in [-0.15, -0.1) is 34.0 Å². The zero-order valence-corrected chi connectivity index (χ0v) is 37.6. The van der Waals surface area contributed by atoms with Crippen molar-refractivity contribution in [1.29, 1.82) is 0 Å². The molecule has 6 aromatic rings. The summed E-state index contributed by atoms with van der Waals surface area (Å²) in [5.74, 6) is 2.89. The number of thiophene rings is 3. The van der Waals surface area contributed by atoms with Crippen LogP contribution >= 0.6 is 34.0 Å². The van der Waals surface area contributed by atoms with Crippen molar-refractivity contribution >= 4 is 34.0 Å². The van der Waals surface area contributed by atoms with E-state index in [-0.39, 0.29) is 12.2 Å². The first-order chi connectivity index (χ1) is 27.8. The van der Waals surface area contributed by atoms with Crippen LogP contribution in [0.3, 0.4) is 0 Å². The number of ether oxygens (including phenoxy) is 3. The molecule has 0 spiro atoms. The standard InChI is InChI=1S/C34H42O2S2.C17H22OS/c1-5-7-9-11-25(3)35-29-17-13-27(14-18-29)31-21-23-33(37-31)34-24-22-32(38-34)28-15-19-30(20-16-28)36-26(4)12-10-8-6-2;1-3-4-5-7-14(2)18-16-11-9-15(10-12-16)17-8-6-13-19-17/h13-26H,5-12H2,1-4H3;6,8-14H,3-5,7H2,1-2H3. The second-order valence-electron chi connectivity index (χ2n) is 15.2. The third kappa shape index (κ3) is 14.8. The number of hydrogen-bond donors (Lipinski definition) is 0. The molecule has 0 saturated heterocycles. The van der Waals surface area contributed by atoms with Gasteiger partial charge in [0.05, 0.1) is 18.3 Å². The quantitative estimate of drug-likeness (QED) is 0.0639. The van der Waals surface area contributed by atoms with Gasteiger partial charge in [0, 0.05) is 24.4 Å². The van der Waals surface area contributed by atoms with Crippen molar-refractivity contribution in [3.8, 4) is 58.3 Å². The van der Waals surface area contributed by atoms with Gasteiger partial charge < -0.3 is 14.2 Å². The van der Waals surface area contributed by atoms with E-state index in [9.17, 15) is 0 Å². The Balaban J connectivity index is 0.000000273. The van der Waals surface area contributed by atoms with E-state index in [1.165, 1.54) is 98.9 Å². The Kier molecular flexibility index (Phi) is 18.8. The lowest BCUT2D eigenvalue weighted by Crippen LogP contribution is -2.11. The molecule has 6 rings (SSSR count). The molecule has 0 radical (unpaired) electrons. The molecule has 3 aromatic carbocycles. The van der Waals surface area contributed by atoms with Gasteiger partial charge in [-0.05, 0) is 184 Å². The van der Waals surface area contributed by atoms with E-state index >= 15 is 0 Å². The van der Waals surface area contributed by atoms with E-state index in [1.807, 2.05) is 22.7 Å². The molecule has 0 aliphatic rings. The van der Waals surface area contributed by atoms with Crippen molar-refractivity contribution < 1.29 is 14.2 Å². The van der Waals surface area contributed by atoms with E-state index in [0.29, 0.717) is 6.10 Å². The van der Waals surface area contributed by atoms with Crippen LogP contribution in [0.5, 0.6) is 17.2 Å². The first kappa shape index (κ1) is 44.3. The van der Waals surface area contributed by atoms with Crippen molar-refractivity contribution in [2.24, 2.45) is 0 Å². The predicted molar refractivity (Wildman–Crippen MR) is 251 cm³/mol. The molecule has 0 amide bonds. The zero-order chi connectivity index (χ0) is 40.2. The maximum absolute atomic E-state index is 6.11. The highest BCUT2D eigenvalue weighted by Crippen LogP contribution is 2.41. The molecular weight excluding hydrogens is 757 g/mol. The maximum atomic E-state index is 6.11. The molecule has 3 unspecified atom stereocenters. The molecule has 3 atom stereocenters. The van der Waals surface area contributed by atoms with Crippen LogP contribution in [0.25, 0.3) is 41.1 Å². The molecule has 0 saturated carbocycles. The molecule has 6 heteroatoms. The molecule has 0 fully saturated rings. The predicted octanol–water partition coefficient (Wildman–Crippen LogP) is 17.3. The lowest BCUT2D eigenvalue weighted by molar-refractivity contribution is 0.206. The van der Waals surface area contributed by atoms with Crippen molar-refractivity contribution in [3.05, 3.63) is 115 Å². The number of unbranched alkanes of at least 4 members (excludes halogenated alkanes) is 6. The van der Waals surface area contributed by atoms with Gasteiger partial charge in [0.2, 0.25) is 0 Å². The topological polar surface area (TPSA) is 27.7 Å². The molecule has 0 aliphatic heterocycles. The molecule has 304 valence electrons. The van der Waals surface area contributed by atoms with Crippen LogP contribution in [0.15, 0.2) is 115 Å². The Hall–Kier alpha value is -3.84. The second kappa shape index (κ2) is 24.2. The molecule has 0 bridgehead atoms. The largest absolute Gasteiger partial charge is 0.491 e. The average molecular weight is 821 g/mol. The van der Waals surface area contributed by atoms with E-state index < -0.39 is 0 Å². The van der Waals surface area contributed by atoms with Crippen molar-refractivity contribution in [1.82, 2.24) is 0 Å². The first-order valence-corrected chi connectivity index (χ1v) is 23.9. The van der Waals surface area contributed by atoms with Gasteiger partial charge >= 0.3 is 0 Å². The van der Waals surface area contributed by atoms with Crippen LogP contribution in [0.1, 0.15) is 119 Å². The maximum Gasteiger partial charge on any atom is 0.119 e. The van der Waals surface area contributed by atoms with Gasteiger partial charge in [0.15, 0.2) is 0 Å². The lowest BCUT2D eigenvalue weighted by Gasteiger charge is -2.14. The third-order valence-electron chi connectivity index (χ3n) is 10.0. The summed E-state index contributed by atoms with van der Waals surface area (Å²) >= 11 is 5.46. The van der Waals surface area contributed by atoms with Crippen LogP contribution in [-0.2, 0) is 0 Å². The summed E-state index contributed by atoms with van der Waals surface area (Å²) in [4.78, 5) is 6.49. The van der Waals surface area contributed by atoms with Gasteiger partial charge in [0.1, 0.15) is 17.2 Å². The van der Waals surface area contributed by atoms with Crippen LogP contribution in [0, 0.1) is 0 Å². The Morgan fingerprint density at radius 2 is 0.719 bits per heavy atom. The summed E-state index contributed by atoms with van der Waals surface area (Å²) in [6.07, 6.45) is 15.5. The monoisotopic (exact) mass is 820 g/mol. The molecule has 3 aromatic heterocycles. The molecule has 0 N–H and O–H groups in total. The fourth-order valence-electron chi connectivity index (χ4n) is 6.71. The van der Waals surface area contributed by atoms with E-state index in [4.69, 9.17) is 14.2 Å². The summed E-state index contributed by atoms with van der Waals surface area (Å²) < 4.78 is 18.2. The Morgan fingerprint density at radius 1 is 0.386 bits per heavy atom. The van der Waals surface area contributed by atoms with E-state index in [2.05, 4.69) is 156 Å². The fourth-order valence-corrected chi connectivity index (χ4v) is 9.55. The highest BCUT2D eigenvalue weighted by molar-refractivity contribution is 7.25. The Morgan fingerprint density at radius 3 is 1.04 bits per heavy atom. The van der Waals surface area contributed by atoms with Crippen LogP contribution in [0.4, 0.5) is 0 Å². The molecule has 57 heavy (non-hydrogen) atoms. The minimum Gasteiger partial charge on any atom is -0.491 e. The van der Waals surface area contributed by atoms with Gasteiger partial charge in [-0.2, -0.15) is 0 Å². The average Bonchev–Trinajstić information content (AvgIpc) is 4.03. The van der Waals surface area contributed by atoms with Crippen LogP contribution in [-0.4, -0.2) is 18.3 Å². The number of hydrogen-bond acceptors (Lipinski definition) is 6. The third-order valence-corrected chi connectivity index (χ3v) is 13.4. The van der Waals surface area contributed by atoms with E-state index in [1.54, 1.807) is 11.3 Å². The van der Waals surface area contributed by atoms with E-state index in [0.717, 1.165) is 36.5 Å². The Bertz CT molecular complexity index is 1840. The summed E-state index contributed by atoms with van der Waals surface area (Å²) in [7, 11) is 0. The minimum absolute atomic E-state index is 0.261. The first-order valence-electron chi connectivity index (χ1n) is 21.4.